The fourth-order valence-electron chi connectivity index (χ4n) is 3.27. The molecule has 1 aromatic carbocycles. The van der Waals surface area contributed by atoms with Crippen LogP contribution >= 0.6 is 0 Å². The summed E-state index contributed by atoms with van der Waals surface area (Å²) in [6.07, 6.45) is 1.12. The Morgan fingerprint density at radius 2 is 1.57 bits per heavy atom. The van der Waals surface area contributed by atoms with Crippen molar-refractivity contribution in [1.29, 1.82) is 0 Å². The molecule has 28 heavy (non-hydrogen) atoms. The molecule has 0 aromatic heterocycles. The van der Waals surface area contributed by atoms with Gasteiger partial charge in [0.15, 0.2) is 0 Å². The Morgan fingerprint density at radius 3 is 2.11 bits per heavy atom. The summed E-state index contributed by atoms with van der Waals surface area (Å²) < 4.78 is 56.5. The molecular formula is C15H22N4O7S2. The van der Waals surface area contributed by atoms with Gasteiger partial charge in [-0.25, -0.2) is 16.8 Å². The van der Waals surface area contributed by atoms with E-state index in [1.54, 1.807) is 4.90 Å². The van der Waals surface area contributed by atoms with Crippen molar-refractivity contribution in [2.24, 2.45) is 0 Å². The van der Waals surface area contributed by atoms with Crippen LogP contribution in [0.25, 0.3) is 0 Å². The lowest BCUT2D eigenvalue weighted by molar-refractivity contribution is -0.384. The Morgan fingerprint density at radius 1 is 0.964 bits per heavy atom. The van der Waals surface area contributed by atoms with E-state index >= 15 is 0 Å². The lowest BCUT2D eigenvalue weighted by Gasteiger charge is -2.34. The van der Waals surface area contributed by atoms with Crippen molar-refractivity contribution in [3.63, 3.8) is 0 Å². The lowest BCUT2D eigenvalue weighted by atomic mass is 10.2. The maximum absolute atomic E-state index is 12.8. The van der Waals surface area contributed by atoms with Crippen LogP contribution in [0.15, 0.2) is 23.1 Å². The summed E-state index contributed by atoms with van der Waals surface area (Å²) in [7, 11) is -7.17. The molecular weight excluding hydrogens is 412 g/mol. The molecule has 2 heterocycles. The molecule has 2 saturated heterocycles. The minimum Gasteiger partial charge on any atom is -0.379 e. The van der Waals surface area contributed by atoms with Crippen LogP contribution in [0, 0.1) is 10.1 Å². The van der Waals surface area contributed by atoms with E-state index in [0.29, 0.717) is 0 Å². The van der Waals surface area contributed by atoms with Crippen LogP contribution in [-0.2, 0) is 24.8 Å². The van der Waals surface area contributed by atoms with Gasteiger partial charge in [-0.3, -0.25) is 10.1 Å². The molecule has 0 saturated carbocycles. The second-order valence-electron chi connectivity index (χ2n) is 6.57. The number of hydrogen-bond donors (Lipinski definition) is 0. The van der Waals surface area contributed by atoms with Gasteiger partial charge in [-0.15, -0.1) is 0 Å². The number of sulfonamides is 2. The number of ether oxygens (including phenoxy) is 1. The molecule has 156 valence electrons. The van der Waals surface area contributed by atoms with Crippen LogP contribution < -0.4 is 4.90 Å². The SMILES string of the molecule is CS(=O)(=O)N1CCN(c2ccc(S(=O)(=O)N3CCOCC3)cc2[N+](=O)[O-])CC1. The molecule has 0 bridgehead atoms. The zero-order chi connectivity index (χ0) is 20.5. The second-order valence-corrected chi connectivity index (χ2v) is 10.5. The van der Waals surface area contributed by atoms with Crippen molar-refractivity contribution in [1.82, 2.24) is 8.61 Å². The fourth-order valence-corrected chi connectivity index (χ4v) is 5.53. The zero-order valence-electron chi connectivity index (χ0n) is 15.4. The van der Waals surface area contributed by atoms with E-state index in [1.807, 2.05) is 0 Å². The largest absolute Gasteiger partial charge is 0.379 e. The zero-order valence-corrected chi connectivity index (χ0v) is 17.0. The number of rotatable bonds is 5. The number of anilines is 1. The van der Waals surface area contributed by atoms with Gasteiger partial charge in [0, 0.05) is 45.3 Å². The number of hydrogen-bond acceptors (Lipinski definition) is 8. The highest BCUT2D eigenvalue weighted by Gasteiger charge is 2.31. The minimum atomic E-state index is -3.85. The van der Waals surface area contributed by atoms with E-state index in [-0.39, 0.29) is 68.8 Å². The summed E-state index contributed by atoms with van der Waals surface area (Å²) in [4.78, 5) is 12.5. The molecule has 2 aliphatic rings. The fraction of sp³-hybridized carbons (Fsp3) is 0.600. The third kappa shape index (κ3) is 4.27. The first kappa shape index (κ1) is 20.9. The second kappa shape index (κ2) is 7.91. The maximum atomic E-state index is 12.8. The highest BCUT2D eigenvalue weighted by Crippen LogP contribution is 2.32. The van der Waals surface area contributed by atoms with Gasteiger partial charge < -0.3 is 9.64 Å². The standard InChI is InChI=1S/C15H22N4O7S2/c1-27(22,23)17-6-4-16(5-7-17)14-3-2-13(12-15(14)19(20)21)28(24,25)18-8-10-26-11-9-18/h2-3,12H,4-11H2,1H3. The average Bonchev–Trinajstić information content (AvgIpc) is 2.67. The molecule has 0 aliphatic carbocycles. The minimum absolute atomic E-state index is 0.139. The van der Waals surface area contributed by atoms with Crippen molar-refractivity contribution in [2.45, 2.75) is 4.90 Å². The number of piperazine rings is 1. The molecule has 0 radical (unpaired) electrons. The van der Waals surface area contributed by atoms with Gasteiger partial charge in [0.1, 0.15) is 5.69 Å². The Hall–Kier alpha value is -1.80. The van der Waals surface area contributed by atoms with E-state index in [2.05, 4.69) is 0 Å². The first-order chi connectivity index (χ1) is 13.1. The molecule has 0 atom stereocenters. The van der Waals surface area contributed by atoms with Crippen LogP contribution in [0.2, 0.25) is 0 Å². The number of nitro benzene ring substituents is 1. The molecule has 13 heteroatoms. The predicted molar refractivity (Wildman–Crippen MR) is 101 cm³/mol. The van der Waals surface area contributed by atoms with Crippen LogP contribution in [0.3, 0.4) is 0 Å². The van der Waals surface area contributed by atoms with Gasteiger partial charge >= 0.3 is 0 Å². The van der Waals surface area contributed by atoms with Gasteiger partial charge in [0.25, 0.3) is 5.69 Å². The molecule has 11 nitrogen and oxygen atoms in total. The van der Waals surface area contributed by atoms with Crippen molar-refractivity contribution < 1.29 is 26.5 Å². The molecule has 0 unspecified atom stereocenters. The average molecular weight is 434 g/mol. The molecule has 0 spiro atoms. The van der Waals surface area contributed by atoms with Crippen molar-refractivity contribution >= 4 is 31.4 Å². The molecule has 3 rings (SSSR count). The first-order valence-electron chi connectivity index (χ1n) is 8.67. The smallest absolute Gasteiger partial charge is 0.293 e. The van der Waals surface area contributed by atoms with Crippen molar-refractivity contribution in [2.75, 3.05) is 63.6 Å². The summed E-state index contributed by atoms with van der Waals surface area (Å²) in [5.74, 6) is 0. The summed E-state index contributed by atoms with van der Waals surface area (Å²) >= 11 is 0. The molecule has 2 fully saturated rings. The van der Waals surface area contributed by atoms with E-state index < -0.39 is 25.0 Å². The number of nitrogens with zero attached hydrogens (tertiary/aromatic N) is 4. The van der Waals surface area contributed by atoms with E-state index in [4.69, 9.17) is 4.74 Å². The Kier molecular flexibility index (Phi) is 5.91. The molecule has 0 N–H and O–H groups in total. The monoisotopic (exact) mass is 434 g/mol. The van der Waals surface area contributed by atoms with E-state index in [0.717, 1.165) is 12.3 Å². The van der Waals surface area contributed by atoms with E-state index in [9.17, 15) is 26.9 Å². The Bertz CT molecular complexity index is 951. The molecule has 1 aromatic rings. The summed E-state index contributed by atoms with van der Waals surface area (Å²) in [5.41, 5.74) is -0.0405. The highest BCUT2D eigenvalue weighted by atomic mass is 32.2. The third-order valence-electron chi connectivity index (χ3n) is 4.80. The van der Waals surface area contributed by atoms with Crippen LogP contribution in [-0.4, -0.2) is 89.1 Å². The Labute approximate surface area is 163 Å². The normalized spacial score (nSPS) is 20.2. The summed E-state index contributed by atoms with van der Waals surface area (Å²) in [6.45, 7) is 1.95. The van der Waals surface area contributed by atoms with E-state index in [1.165, 1.54) is 20.7 Å². The number of benzene rings is 1. The first-order valence-corrected chi connectivity index (χ1v) is 12.0. The van der Waals surface area contributed by atoms with Crippen LogP contribution in [0.5, 0.6) is 0 Å². The number of nitro groups is 1. The van der Waals surface area contributed by atoms with Crippen LogP contribution in [0.4, 0.5) is 11.4 Å². The van der Waals surface area contributed by atoms with Crippen LogP contribution in [0.1, 0.15) is 0 Å². The molecule has 2 aliphatic heterocycles. The van der Waals surface area contributed by atoms with Gasteiger partial charge in [0.2, 0.25) is 20.0 Å². The van der Waals surface area contributed by atoms with Gasteiger partial charge in [-0.2, -0.15) is 8.61 Å². The predicted octanol–water partition coefficient (Wildman–Crippen LogP) is -0.303. The van der Waals surface area contributed by atoms with Gasteiger partial charge in [-0.1, -0.05) is 0 Å². The summed E-state index contributed by atoms with van der Waals surface area (Å²) in [5, 5.41) is 11.6. The maximum Gasteiger partial charge on any atom is 0.293 e. The highest BCUT2D eigenvalue weighted by molar-refractivity contribution is 7.89. The van der Waals surface area contributed by atoms with Crippen molar-refractivity contribution in [3.05, 3.63) is 28.3 Å². The summed E-state index contributed by atoms with van der Waals surface area (Å²) in [6, 6.07) is 3.85. The number of morpholine rings is 1. The van der Waals surface area contributed by atoms with Gasteiger partial charge in [-0.05, 0) is 12.1 Å². The lowest BCUT2D eigenvalue weighted by Crippen LogP contribution is -2.48. The van der Waals surface area contributed by atoms with Crippen molar-refractivity contribution in [3.8, 4) is 0 Å². The third-order valence-corrected chi connectivity index (χ3v) is 8.00. The van der Waals surface area contributed by atoms with Gasteiger partial charge in [0.05, 0.1) is 29.3 Å². The Balaban J connectivity index is 1.87. The topological polar surface area (TPSA) is 130 Å². The molecule has 0 amide bonds. The quantitative estimate of drug-likeness (QED) is 0.456.